The van der Waals surface area contributed by atoms with E-state index in [2.05, 4.69) is 10.6 Å². The molecule has 0 bridgehead atoms. The summed E-state index contributed by atoms with van der Waals surface area (Å²) in [6, 6.07) is 6.38. The Hall–Kier alpha value is -3.23. The Morgan fingerprint density at radius 3 is 2.41 bits per heavy atom. The molecule has 2 aromatic carbocycles. The van der Waals surface area contributed by atoms with Crippen molar-refractivity contribution in [2.75, 3.05) is 19.9 Å². The molecule has 142 valence electrons. The summed E-state index contributed by atoms with van der Waals surface area (Å²) in [6.45, 7) is -0.118. The van der Waals surface area contributed by atoms with E-state index in [0.717, 1.165) is 12.1 Å². The average molecular weight is 380 g/mol. The zero-order valence-electron chi connectivity index (χ0n) is 14.0. The van der Waals surface area contributed by atoms with E-state index in [1.165, 1.54) is 6.07 Å². The number of amides is 2. The summed E-state index contributed by atoms with van der Waals surface area (Å²) in [5.74, 6) is -4.06. The summed E-state index contributed by atoms with van der Waals surface area (Å²) >= 11 is 0. The van der Waals surface area contributed by atoms with E-state index in [1.807, 2.05) is 0 Å². The highest BCUT2D eigenvalue weighted by Crippen LogP contribution is 2.32. The van der Waals surface area contributed by atoms with Crippen LogP contribution in [0.5, 0.6) is 11.5 Å². The molecule has 0 aromatic heterocycles. The second-order valence-corrected chi connectivity index (χ2v) is 5.72. The van der Waals surface area contributed by atoms with Crippen molar-refractivity contribution in [3.05, 3.63) is 58.9 Å². The zero-order chi connectivity index (χ0) is 19.4. The molecule has 2 aromatic rings. The van der Waals surface area contributed by atoms with Crippen LogP contribution >= 0.6 is 0 Å². The van der Waals surface area contributed by atoms with Gasteiger partial charge in [0.1, 0.15) is 0 Å². The number of hydrogen-bond donors (Lipinski definition) is 2. The van der Waals surface area contributed by atoms with Crippen molar-refractivity contribution in [2.24, 2.45) is 0 Å². The fraction of sp³-hybridized carbons (Fsp3) is 0.222. The van der Waals surface area contributed by atoms with Crippen molar-refractivity contribution >= 4 is 11.8 Å². The van der Waals surface area contributed by atoms with Crippen molar-refractivity contribution in [2.45, 2.75) is 6.42 Å². The molecule has 1 aliphatic rings. The van der Waals surface area contributed by atoms with Gasteiger partial charge in [0.05, 0.1) is 6.54 Å². The maximum Gasteiger partial charge on any atom is 0.251 e. The molecule has 3 rings (SSSR count). The van der Waals surface area contributed by atoms with Crippen LogP contribution < -0.4 is 20.1 Å². The van der Waals surface area contributed by atoms with Gasteiger partial charge in [-0.2, -0.15) is 0 Å². The molecule has 2 amide bonds. The second kappa shape index (κ2) is 7.98. The molecular weight excluding hydrogens is 365 g/mol. The van der Waals surface area contributed by atoms with E-state index in [-0.39, 0.29) is 31.9 Å². The van der Waals surface area contributed by atoms with Gasteiger partial charge in [0.15, 0.2) is 29.0 Å². The molecule has 9 heteroatoms. The van der Waals surface area contributed by atoms with E-state index in [4.69, 9.17) is 9.47 Å². The third kappa shape index (κ3) is 4.49. The van der Waals surface area contributed by atoms with Crippen molar-refractivity contribution in [1.82, 2.24) is 10.6 Å². The zero-order valence-corrected chi connectivity index (χ0v) is 14.0. The molecular formula is C18H15F3N2O4. The third-order valence-corrected chi connectivity index (χ3v) is 3.82. The van der Waals surface area contributed by atoms with Crippen molar-refractivity contribution in [3.63, 3.8) is 0 Å². The predicted octanol–water partition coefficient (Wildman–Crippen LogP) is 1.92. The molecule has 0 atom stereocenters. The van der Waals surface area contributed by atoms with Crippen LogP contribution in [0.25, 0.3) is 0 Å². The summed E-state index contributed by atoms with van der Waals surface area (Å²) in [6.07, 6.45) is 0.107. The molecule has 0 unspecified atom stereocenters. The molecule has 0 radical (unpaired) electrons. The topological polar surface area (TPSA) is 76.7 Å². The summed E-state index contributed by atoms with van der Waals surface area (Å²) < 4.78 is 49.4. The van der Waals surface area contributed by atoms with Gasteiger partial charge in [-0.25, -0.2) is 13.2 Å². The van der Waals surface area contributed by atoms with Crippen molar-refractivity contribution < 1.29 is 32.2 Å². The largest absolute Gasteiger partial charge is 0.454 e. The van der Waals surface area contributed by atoms with Gasteiger partial charge in [-0.3, -0.25) is 9.59 Å². The lowest BCUT2D eigenvalue weighted by Gasteiger charge is -2.08. The minimum atomic E-state index is -1.53. The maximum absolute atomic E-state index is 13.1. The Kier molecular flexibility index (Phi) is 5.49. The summed E-state index contributed by atoms with van der Waals surface area (Å²) in [5, 5.41) is 4.94. The van der Waals surface area contributed by atoms with Gasteiger partial charge in [0.2, 0.25) is 12.7 Å². The number of ether oxygens (including phenoxy) is 2. The number of nitrogens with one attached hydrogen (secondary N) is 2. The number of carbonyl (C=O) groups excluding carboxylic acids is 2. The Balaban J connectivity index is 1.44. The molecule has 0 fully saturated rings. The maximum atomic E-state index is 13.1. The lowest BCUT2D eigenvalue weighted by molar-refractivity contribution is -0.120. The van der Waals surface area contributed by atoms with Crippen LogP contribution in [-0.4, -0.2) is 31.7 Å². The van der Waals surface area contributed by atoms with E-state index < -0.39 is 29.3 Å². The molecule has 0 saturated heterocycles. The fourth-order valence-corrected chi connectivity index (χ4v) is 2.46. The lowest BCUT2D eigenvalue weighted by atomic mass is 10.1. The van der Waals surface area contributed by atoms with Crippen LogP contribution in [-0.2, 0) is 11.2 Å². The quantitative estimate of drug-likeness (QED) is 0.751. The first-order valence-corrected chi connectivity index (χ1v) is 8.02. The smallest absolute Gasteiger partial charge is 0.251 e. The van der Waals surface area contributed by atoms with Crippen LogP contribution in [0.15, 0.2) is 30.3 Å². The fourth-order valence-electron chi connectivity index (χ4n) is 2.46. The highest BCUT2D eigenvalue weighted by atomic mass is 19.2. The standard InChI is InChI=1S/C18H15F3N2O4/c19-12-5-10(6-13(20)17(12)21)3-4-22-16(24)8-23-18(25)11-1-2-14-15(7-11)27-9-26-14/h1-2,5-7H,3-4,8-9H2,(H,22,24)(H,23,25). The van der Waals surface area contributed by atoms with Gasteiger partial charge >= 0.3 is 0 Å². The average Bonchev–Trinajstić information content (AvgIpc) is 3.11. The van der Waals surface area contributed by atoms with Crippen LogP contribution in [0.3, 0.4) is 0 Å². The van der Waals surface area contributed by atoms with Gasteiger partial charge in [0, 0.05) is 12.1 Å². The Labute approximate surface area is 152 Å². The minimum Gasteiger partial charge on any atom is -0.454 e. The molecule has 2 N–H and O–H groups in total. The van der Waals surface area contributed by atoms with Crippen LogP contribution in [0.2, 0.25) is 0 Å². The monoisotopic (exact) mass is 380 g/mol. The minimum absolute atomic E-state index is 0.0727. The van der Waals surface area contributed by atoms with Gasteiger partial charge in [-0.1, -0.05) is 0 Å². The van der Waals surface area contributed by atoms with Crippen molar-refractivity contribution in [1.29, 1.82) is 0 Å². The second-order valence-electron chi connectivity index (χ2n) is 5.72. The van der Waals surface area contributed by atoms with Gasteiger partial charge in [-0.15, -0.1) is 0 Å². The Bertz CT molecular complexity index is 866. The van der Waals surface area contributed by atoms with E-state index >= 15 is 0 Å². The number of fused-ring (bicyclic) bond motifs is 1. The molecule has 0 aliphatic carbocycles. The van der Waals surface area contributed by atoms with Crippen LogP contribution in [0.1, 0.15) is 15.9 Å². The van der Waals surface area contributed by atoms with Crippen molar-refractivity contribution in [3.8, 4) is 11.5 Å². The summed E-state index contributed by atoms with van der Waals surface area (Å²) in [4.78, 5) is 23.8. The van der Waals surface area contributed by atoms with Gasteiger partial charge in [0.25, 0.3) is 5.91 Å². The third-order valence-electron chi connectivity index (χ3n) is 3.82. The Morgan fingerprint density at radius 2 is 1.67 bits per heavy atom. The number of carbonyl (C=O) groups is 2. The summed E-state index contributed by atoms with van der Waals surface area (Å²) in [7, 11) is 0. The lowest BCUT2D eigenvalue weighted by Crippen LogP contribution is -2.37. The van der Waals surface area contributed by atoms with Crippen LogP contribution in [0, 0.1) is 17.5 Å². The number of benzene rings is 2. The Morgan fingerprint density at radius 1 is 0.963 bits per heavy atom. The SMILES string of the molecule is O=C(CNC(=O)c1ccc2c(c1)OCO2)NCCc1cc(F)c(F)c(F)c1. The van der Waals surface area contributed by atoms with Gasteiger partial charge < -0.3 is 20.1 Å². The first-order chi connectivity index (χ1) is 12.9. The normalized spacial score (nSPS) is 12.0. The first kappa shape index (κ1) is 18.6. The van der Waals surface area contributed by atoms with E-state index in [9.17, 15) is 22.8 Å². The molecule has 0 saturated carbocycles. The molecule has 0 spiro atoms. The highest BCUT2D eigenvalue weighted by molar-refractivity contribution is 5.97. The number of rotatable bonds is 6. The first-order valence-electron chi connectivity index (χ1n) is 8.02. The predicted molar refractivity (Wildman–Crippen MR) is 87.9 cm³/mol. The molecule has 27 heavy (non-hydrogen) atoms. The van der Waals surface area contributed by atoms with E-state index in [0.29, 0.717) is 17.1 Å². The van der Waals surface area contributed by atoms with E-state index in [1.54, 1.807) is 12.1 Å². The van der Waals surface area contributed by atoms with Crippen LogP contribution in [0.4, 0.5) is 13.2 Å². The number of halogens is 3. The molecule has 6 nitrogen and oxygen atoms in total. The van der Waals surface area contributed by atoms with Gasteiger partial charge in [-0.05, 0) is 42.3 Å². The molecule has 1 heterocycles. The highest BCUT2D eigenvalue weighted by Gasteiger charge is 2.16. The summed E-state index contributed by atoms with van der Waals surface area (Å²) in [5.41, 5.74) is 0.514. The molecule has 1 aliphatic heterocycles. The number of hydrogen-bond acceptors (Lipinski definition) is 4.